The first kappa shape index (κ1) is 15.5. The van der Waals surface area contributed by atoms with Gasteiger partial charge in [0.2, 0.25) is 0 Å². The Morgan fingerprint density at radius 2 is 1.83 bits per heavy atom. The Morgan fingerprint density at radius 1 is 1.17 bits per heavy atom. The summed E-state index contributed by atoms with van der Waals surface area (Å²) in [5.74, 6) is -0.277. The number of rotatable bonds is 3. The third kappa shape index (κ3) is 2.47. The van der Waals surface area contributed by atoms with Gasteiger partial charge in [-0.3, -0.25) is 0 Å². The van der Waals surface area contributed by atoms with Crippen LogP contribution in [0.25, 0.3) is 10.4 Å². The molecule has 0 unspecified atom stereocenters. The van der Waals surface area contributed by atoms with E-state index < -0.39 is 0 Å². The van der Waals surface area contributed by atoms with Crippen molar-refractivity contribution >= 4 is 28.7 Å². The molecule has 0 aliphatic carbocycles. The lowest BCUT2D eigenvalue weighted by atomic mass is 9.90. The Bertz CT molecular complexity index is 766. The summed E-state index contributed by atoms with van der Waals surface area (Å²) in [7, 11) is 3.27. The standard InChI is InChI=1S/C19H22N2O2S/c1-20-15-11-16(24-18(15)19(22)23-2)14-9-12-5-3-7-21-8-4-6-13(10-14)17(12)21/h9-11,20H,3-8H2,1-2H3. The Labute approximate surface area is 146 Å². The Hall–Kier alpha value is -2.01. The number of nitrogens with zero attached hydrogens (tertiary/aromatic N) is 1. The van der Waals surface area contributed by atoms with Crippen LogP contribution in [0.4, 0.5) is 11.4 Å². The van der Waals surface area contributed by atoms with Crippen LogP contribution >= 0.6 is 11.3 Å². The molecule has 0 spiro atoms. The number of ether oxygens (including phenoxy) is 1. The maximum atomic E-state index is 12.0. The summed E-state index contributed by atoms with van der Waals surface area (Å²) < 4.78 is 4.91. The first-order chi connectivity index (χ1) is 11.7. The van der Waals surface area contributed by atoms with Crippen molar-refractivity contribution in [2.45, 2.75) is 25.7 Å². The van der Waals surface area contributed by atoms with Crippen molar-refractivity contribution in [1.82, 2.24) is 0 Å². The minimum absolute atomic E-state index is 0.277. The maximum Gasteiger partial charge on any atom is 0.350 e. The first-order valence-corrected chi connectivity index (χ1v) is 9.34. The molecular weight excluding hydrogens is 320 g/mol. The summed E-state index contributed by atoms with van der Waals surface area (Å²) in [6.07, 6.45) is 4.77. The zero-order valence-electron chi connectivity index (χ0n) is 14.1. The summed E-state index contributed by atoms with van der Waals surface area (Å²) in [6, 6.07) is 6.71. The van der Waals surface area contributed by atoms with Crippen molar-refractivity contribution in [2.75, 3.05) is 37.5 Å². The second kappa shape index (κ2) is 6.13. The van der Waals surface area contributed by atoms with E-state index in [1.165, 1.54) is 66.8 Å². The van der Waals surface area contributed by atoms with Gasteiger partial charge in [-0.05, 0) is 60.6 Å². The number of anilines is 2. The van der Waals surface area contributed by atoms with Gasteiger partial charge in [-0.25, -0.2) is 4.79 Å². The summed E-state index contributed by atoms with van der Waals surface area (Å²) in [5.41, 5.74) is 6.48. The van der Waals surface area contributed by atoms with Gasteiger partial charge in [-0.2, -0.15) is 0 Å². The smallest absolute Gasteiger partial charge is 0.350 e. The van der Waals surface area contributed by atoms with Crippen LogP contribution in [-0.2, 0) is 17.6 Å². The number of methoxy groups -OCH3 is 1. The van der Waals surface area contributed by atoms with Crippen molar-refractivity contribution < 1.29 is 9.53 Å². The van der Waals surface area contributed by atoms with E-state index in [9.17, 15) is 4.79 Å². The molecule has 1 N–H and O–H groups in total. The summed E-state index contributed by atoms with van der Waals surface area (Å²) in [4.78, 5) is 16.3. The average Bonchev–Trinajstić information content (AvgIpc) is 3.06. The molecule has 1 aromatic carbocycles. The summed E-state index contributed by atoms with van der Waals surface area (Å²) in [5, 5.41) is 3.11. The Morgan fingerprint density at radius 3 is 2.42 bits per heavy atom. The van der Waals surface area contributed by atoms with E-state index in [2.05, 4.69) is 28.4 Å². The van der Waals surface area contributed by atoms with Gasteiger partial charge in [-0.1, -0.05) is 0 Å². The molecule has 0 saturated carbocycles. The largest absolute Gasteiger partial charge is 0.465 e. The normalized spacial score (nSPS) is 15.8. The van der Waals surface area contributed by atoms with Gasteiger partial charge in [0.15, 0.2) is 0 Å². The number of benzene rings is 1. The van der Waals surface area contributed by atoms with Crippen LogP contribution in [0.3, 0.4) is 0 Å². The van der Waals surface area contributed by atoms with Crippen LogP contribution < -0.4 is 10.2 Å². The Balaban J connectivity index is 1.80. The van der Waals surface area contributed by atoms with Crippen molar-refractivity contribution in [3.63, 3.8) is 0 Å². The highest BCUT2D eigenvalue weighted by molar-refractivity contribution is 7.18. The highest BCUT2D eigenvalue weighted by Crippen LogP contribution is 2.41. The van der Waals surface area contributed by atoms with Crippen LogP contribution in [0.15, 0.2) is 18.2 Å². The number of esters is 1. The van der Waals surface area contributed by atoms with E-state index in [1.807, 2.05) is 7.05 Å². The fourth-order valence-electron chi connectivity index (χ4n) is 3.91. The molecule has 5 heteroatoms. The molecule has 2 aliphatic rings. The highest BCUT2D eigenvalue weighted by atomic mass is 32.1. The van der Waals surface area contributed by atoms with Crippen molar-refractivity contribution in [3.8, 4) is 10.4 Å². The molecule has 0 saturated heterocycles. The summed E-state index contributed by atoms with van der Waals surface area (Å²) in [6.45, 7) is 2.38. The zero-order valence-corrected chi connectivity index (χ0v) is 15.0. The molecule has 126 valence electrons. The molecule has 0 amide bonds. The molecule has 0 bridgehead atoms. The van der Waals surface area contributed by atoms with Crippen molar-refractivity contribution in [3.05, 3.63) is 34.2 Å². The number of thiophene rings is 1. The topological polar surface area (TPSA) is 41.6 Å². The van der Waals surface area contributed by atoms with Gasteiger partial charge < -0.3 is 15.0 Å². The number of carbonyl (C=O) groups is 1. The van der Waals surface area contributed by atoms with Gasteiger partial charge in [-0.15, -0.1) is 11.3 Å². The second-order valence-electron chi connectivity index (χ2n) is 6.43. The van der Waals surface area contributed by atoms with E-state index in [0.717, 1.165) is 23.4 Å². The highest BCUT2D eigenvalue weighted by Gasteiger charge is 2.25. The maximum absolute atomic E-state index is 12.0. The first-order valence-electron chi connectivity index (χ1n) is 8.52. The van der Waals surface area contributed by atoms with E-state index in [1.54, 1.807) is 0 Å². The molecule has 0 fully saturated rings. The molecule has 2 aliphatic heterocycles. The Kier molecular flexibility index (Phi) is 3.96. The lowest BCUT2D eigenvalue weighted by Gasteiger charge is -2.37. The number of carbonyl (C=O) groups excluding carboxylic acids is 1. The monoisotopic (exact) mass is 342 g/mol. The predicted molar refractivity (Wildman–Crippen MR) is 99.5 cm³/mol. The molecule has 4 rings (SSSR count). The van der Waals surface area contributed by atoms with E-state index in [0.29, 0.717) is 4.88 Å². The second-order valence-corrected chi connectivity index (χ2v) is 7.48. The van der Waals surface area contributed by atoms with Crippen LogP contribution in [0, 0.1) is 0 Å². The van der Waals surface area contributed by atoms with Crippen LogP contribution in [0.2, 0.25) is 0 Å². The minimum atomic E-state index is -0.277. The fourth-order valence-corrected chi connectivity index (χ4v) is 4.98. The molecule has 4 nitrogen and oxygen atoms in total. The third-order valence-electron chi connectivity index (χ3n) is 4.99. The molecule has 24 heavy (non-hydrogen) atoms. The predicted octanol–water partition coefficient (Wildman–Crippen LogP) is 3.94. The third-order valence-corrected chi connectivity index (χ3v) is 6.15. The van der Waals surface area contributed by atoms with Crippen LogP contribution in [0.1, 0.15) is 33.6 Å². The molecule has 0 radical (unpaired) electrons. The minimum Gasteiger partial charge on any atom is -0.465 e. The van der Waals surface area contributed by atoms with E-state index in [4.69, 9.17) is 4.74 Å². The van der Waals surface area contributed by atoms with E-state index in [-0.39, 0.29) is 5.97 Å². The molecule has 3 heterocycles. The molecule has 2 aromatic rings. The lowest BCUT2D eigenvalue weighted by molar-refractivity contribution is 0.0607. The zero-order chi connectivity index (χ0) is 16.7. The van der Waals surface area contributed by atoms with Gasteiger partial charge in [0.1, 0.15) is 4.88 Å². The molecule has 0 atom stereocenters. The molecular formula is C19H22N2O2S. The van der Waals surface area contributed by atoms with Crippen molar-refractivity contribution in [2.24, 2.45) is 0 Å². The van der Waals surface area contributed by atoms with Crippen molar-refractivity contribution in [1.29, 1.82) is 0 Å². The van der Waals surface area contributed by atoms with Gasteiger partial charge in [0.05, 0.1) is 12.8 Å². The summed E-state index contributed by atoms with van der Waals surface area (Å²) >= 11 is 1.51. The average molecular weight is 342 g/mol. The SMILES string of the molecule is CNc1cc(-c2cc3c4c(c2)CCCN4CCC3)sc1C(=O)OC. The number of nitrogens with one attached hydrogen (secondary N) is 1. The van der Waals surface area contributed by atoms with Gasteiger partial charge >= 0.3 is 5.97 Å². The molecule has 1 aromatic heterocycles. The fraction of sp³-hybridized carbons (Fsp3) is 0.421. The van der Waals surface area contributed by atoms with Gasteiger partial charge in [0, 0.05) is 30.7 Å². The quantitative estimate of drug-likeness (QED) is 0.858. The van der Waals surface area contributed by atoms with Crippen LogP contribution in [-0.4, -0.2) is 33.2 Å². The lowest BCUT2D eigenvalue weighted by Crippen LogP contribution is -2.34. The van der Waals surface area contributed by atoms with Crippen LogP contribution in [0.5, 0.6) is 0 Å². The van der Waals surface area contributed by atoms with E-state index >= 15 is 0 Å². The number of hydrogen-bond acceptors (Lipinski definition) is 5. The number of hydrogen-bond donors (Lipinski definition) is 1. The van der Waals surface area contributed by atoms with Gasteiger partial charge in [0.25, 0.3) is 0 Å². The number of aryl methyl sites for hydroxylation is 2.